The number of hydrogen-bond acceptors (Lipinski definition) is 2. The third-order valence-electron chi connectivity index (χ3n) is 7.03. The number of benzene rings is 4. The van der Waals surface area contributed by atoms with E-state index in [9.17, 15) is 5.11 Å². The van der Waals surface area contributed by atoms with Crippen molar-refractivity contribution in [2.45, 2.75) is 39.5 Å². The molecule has 0 amide bonds. The quantitative estimate of drug-likeness (QED) is 0.220. The minimum atomic E-state index is 0.254. The van der Waals surface area contributed by atoms with Gasteiger partial charge in [0.05, 0.1) is 17.4 Å². The van der Waals surface area contributed by atoms with Gasteiger partial charge in [0, 0.05) is 16.3 Å². The van der Waals surface area contributed by atoms with E-state index >= 15 is 0 Å². The van der Waals surface area contributed by atoms with E-state index in [2.05, 4.69) is 86.7 Å². The van der Waals surface area contributed by atoms with Crippen LogP contribution in [0.5, 0.6) is 5.75 Å². The highest BCUT2D eigenvalue weighted by molar-refractivity contribution is 6.15. The number of nitrogens with zero attached hydrogens (tertiary/aromatic N) is 2. The third kappa shape index (κ3) is 3.00. The number of hydrogen-bond donors (Lipinski definition) is 1. The van der Waals surface area contributed by atoms with Gasteiger partial charge in [-0.3, -0.25) is 4.40 Å². The molecule has 6 aromatic rings. The van der Waals surface area contributed by atoms with Gasteiger partial charge in [0.2, 0.25) is 0 Å². The number of imidazole rings is 1. The van der Waals surface area contributed by atoms with Gasteiger partial charge in [0.15, 0.2) is 0 Å². The molecular formula is C31H28N2O. The lowest BCUT2D eigenvalue weighted by atomic mass is 9.87. The van der Waals surface area contributed by atoms with Gasteiger partial charge in [-0.1, -0.05) is 70.2 Å². The van der Waals surface area contributed by atoms with Gasteiger partial charge in [0.25, 0.3) is 0 Å². The molecule has 0 spiro atoms. The molecule has 0 fully saturated rings. The molecule has 1 N–H and O–H groups in total. The van der Waals surface area contributed by atoms with Crippen molar-refractivity contribution in [2.75, 3.05) is 0 Å². The summed E-state index contributed by atoms with van der Waals surface area (Å²) < 4.78 is 2.30. The van der Waals surface area contributed by atoms with Crippen molar-refractivity contribution in [1.82, 2.24) is 9.38 Å². The summed E-state index contributed by atoms with van der Waals surface area (Å²) in [7, 11) is 0. The summed E-state index contributed by atoms with van der Waals surface area (Å²) in [5, 5.41) is 16.0. The van der Waals surface area contributed by atoms with Gasteiger partial charge in [0.1, 0.15) is 11.4 Å². The summed E-state index contributed by atoms with van der Waals surface area (Å²) in [6.07, 6.45) is 2.01. The lowest BCUT2D eigenvalue weighted by molar-refractivity contribution is 0.476. The molecule has 0 aliphatic carbocycles. The summed E-state index contributed by atoms with van der Waals surface area (Å²) in [5.41, 5.74) is 7.04. The zero-order chi connectivity index (χ0) is 23.6. The van der Waals surface area contributed by atoms with Crippen molar-refractivity contribution >= 4 is 38.1 Å². The molecule has 168 valence electrons. The summed E-state index contributed by atoms with van der Waals surface area (Å²) in [4.78, 5) is 4.95. The van der Waals surface area contributed by atoms with Crippen LogP contribution in [-0.2, 0) is 0 Å². The normalized spacial score (nSPS) is 12.2. The molecule has 0 saturated carbocycles. The number of fused-ring (bicyclic) bond motifs is 7. The molecule has 0 aliphatic rings. The van der Waals surface area contributed by atoms with Crippen LogP contribution in [0.4, 0.5) is 0 Å². The standard InChI is InChI=1S/C31H28N2O/c1-18(2)23-10-7-11-24(19(3)4)30(23)29-17-32-31-27-16-22(34)12-13-25(27)26-14-20-8-5-6-9-21(20)15-28(26)33(29)31/h5-19,34H,1-4H3. The SMILES string of the molecule is CC(C)c1cccc(C(C)C)c1-c1cnc2c3cc(O)ccc3c3cc4ccccc4cc3n12. The fourth-order valence-electron chi connectivity index (χ4n) is 5.39. The van der Waals surface area contributed by atoms with E-state index in [-0.39, 0.29) is 5.75 Å². The van der Waals surface area contributed by atoms with E-state index in [0.717, 1.165) is 33.0 Å². The molecular weight excluding hydrogens is 416 g/mol. The number of rotatable bonds is 3. The average Bonchev–Trinajstić information content (AvgIpc) is 3.27. The first-order valence-electron chi connectivity index (χ1n) is 12.0. The van der Waals surface area contributed by atoms with E-state index in [4.69, 9.17) is 4.98 Å². The number of phenolic OH excluding ortho intramolecular Hbond substituents is 1. The van der Waals surface area contributed by atoms with Gasteiger partial charge in [-0.25, -0.2) is 4.98 Å². The fourth-order valence-corrected chi connectivity index (χ4v) is 5.39. The zero-order valence-corrected chi connectivity index (χ0v) is 20.0. The topological polar surface area (TPSA) is 37.5 Å². The maximum absolute atomic E-state index is 10.4. The molecule has 0 bridgehead atoms. The fraction of sp³-hybridized carbons (Fsp3) is 0.194. The molecule has 2 heterocycles. The van der Waals surface area contributed by atoms with Gasteiger partial charge in [-0.2, -0.15) is 0 Å². The first-order chi connectivity index (χ1) is 16.4. The van der Waals surface area contributed by atoms with Crippen LogP contribution in [0, 0.1) is 0 Å². The number of aromatic hydroxyl groups is 1. The Labute approximate surface area is 199 Å². The molecule has 0 aliphatic heterocycles. The van der Waals surface area contributed by atoms with Crippen molar-refractivity contribution in [1.29, 1.82) is 0 Å². The van der Waals surface area contributed by atoms with Crippen LogP contribution in [0.1, 0.15) is 50.7 Å². The Morgan fingerprint density at radius 1 is 0.706 bits per heavy atom. The predicted octanol–water partition coefficient (Wildman–Crippen LogP) is 8.41. The Kier molecular flexibility index (Phi) is 4.63. The molecule has 3 heteroatoms. The van der Waals surface area contributed by atoms with E-state index in [0.29, 0.717) is 11.8 Å². The van der Waals surface area contributed by atoms with E-state index in [1.165, 1.54) is 27.5 Å². The molecule has 0 saturated heterocycles. The van der Waals surface area contributed by atoms with Crippen molar-refractivity contribution in [3.05, 3.63) is 90.1 Å². The first kappa shape index (κ1) is 20.7. The second-order valence-electron chi connectivity index (χ2n) is 9.87. The van der Waals surface area contributed by atoms with Crippen LogP contribution in [-0.4, -0.2) is 14.5 Å². The van der Waals surface area contributed by atoms with Crippen molar-refractivity contribution in [3.63, 3.8) is 0 Å². The first-order valence-corrected chi connectivity index (χ1v) is 12.0. The molecule has 3 nitrogen and oxygen atoms in total. The summed E-state index contributed by atoms with van der Waals surface area (Å²) in [6.45, 7) is 9.02. The van der Waals surface area contributed by atoms with Crippen LogP contribution in [0.15, 0.2) is 79.0 Å². The molecule has 6 rings (SSSR count). The van der Waals surface area contributed by atoms with Crippen LogP contribution >= 0.6 is 0 Å². The summed E-state index contributed by atoms with van der Waals surface area (Å²) in [6, 6.07) is 25.3. The third-order valence-corrected chi connectivity index (χ3v) is 7.03. The Balaban J connectivity index is 1.86. The Morgan fingerprint density at radius 3 is 2.06 bits per heavy atom. The molecule has 4 aromatic carbocycles. The summed E-state index contributed by atoms with van der Waals surface area (Å²) >= 11 is 0. The molecule has 34 heavy (non-hydrogen) atoms. The highest BCUT2D eigenvalue weighted by atomic mass is 16.3. The van der Waals surface area contributed by atoms with Gasteiger partial charge in [-0.15, -0.1) is 0 Å². The molecule has 0 radical (unpaired) electrons. The lowest BCUT2D eigenvalue weighted by Gasteiger charge is -2.20. The molecule has 2 aromatic heterocycles. The summed E-state index contributed by atoms with van der Waals surface area (Å²) in [5.74, 6) is 1.02. The Bertz CT molecular complexity index is 1700. The van der Waals surface area contributed by atoms with Crippen molar-refractivity contribution in [3.8, 4) is 17.0 Å². The van der Waals surface area contributed by atoms with Crippen molar-refractivity contribution in [2.24, 2.45) is 0 Å². The van der Waals surface area contributed by atoms with Crippen LogP contribution in [0.25, 0.3) is 49.4 Å². The average molecular weight is 445 g/mol. The van der Waals surface area contributed by atoms with Crippen LogP contribution in [0.2, 0.25) is 0 Å². The largest absolute Gasteiger partial charge is 0.508 e. The number of pyridine rings is 1. The van der Waals surface area contributed by atoms with Crippen LogP contribution in [0.3, 0.4) is 0 Å². The lowest BCUT2D eigenvalue weighted by Crippen LogP contribution is -2.02. The minimum Gasteiger partial charge on any atom is -0.508 e. The van der Waals surface area contributed by atoms with Gasteiger partial charge >= 0.3 is 0 Å². The molecule has 0 unspecified atom stereocenters. The van der Waals surface area contributed by atoms with E-state index < -0.39 is 0 Å². The maximum atomic E-state index is 10.4. The van der Waals surface area contributed by atoms with Crippen molar-refractivity contribution < 1.29 is 5.11 Å². The maximum Gasteiger partial charge on any atom is 0.145 e. The number of phenols is 1. The van der Waals surface area contributed by atoms with Crippen LogP contribution < -0.4 is 0 Å². The highest BCUT2D eigenvalue weighted by Gasteiger charge is 2.21. The monoisotopic (exact) mass is 444 g/mol. The van der Waals surface area contributed by atoms with Gasteiger partial charge in [-0.05, 0) is 69.5 Å². The van der Waals surface area contributed by atoms with Gasteiger partial charge < -0.3 is 5.11 Å². The predicted molar refractivity (Wildman–Crippen MR) is 143 cm³/mol. The Morgan fingerprint density at radius 2 is 1.38 bits per heavy atom. The second kappa shape index (κ2) is 7.59. The van der Waals surface area contributed by atoms with E-state index in [1.807, 2.05) is 18.3 Å². The minimum absolute atomic E-state index is 0.254. The Hall–Kier alpha value is -3.85. The molecule has 0 atom stereocenters. The highest BCUT2D eigenvalue weighted by Crippen LogP contribution is 2.40. The van der Waals surface area contributed by atoms with E-state index in [1.54, 1.807) is 6.07 Å². The smallest absolute Gasteiger partial charge is 0.145 e. The zero-order valence-electron chi connectivity index (χ0n) is 20.0. The second-order valence-corrected chi connectivity index (χ2v) is 9.87. The number of aromatic nitrogens is 2.